The standard InChI is InChI=1S/C16H11ClFNO3/c17-10-4-5-13-9(6-10)7-14(22-16(13)21)15(20)19-12-3-1-2-11(18)8-12/h1-6,8,14H,7H2,(H,19,20). The van der Waals surface area contributed by atoms with E-state index in [-0.39, 0.29) is 6.42 Å². The van der Waals surface area contributed by atoms with Crippen molar-refractivity contribution < 1.29 is 18.7 Å². The van der Waals surface area contributed by atoms with Crippen molar-refractivity contribution in [3.05, 3.63) is 64.4 Å². The molecule has 0 fully saturated rings. The van der Waals surface area contributed by atoms with Crippen LogP contribution >= 0.6 is 11.6 Å². The van der Waals surface area contributed by atoms with Gasteiger partial charge in [-0.05, 0) is 42.0 Å². The molecule has 0 saturated carbocycles. The highest BCUT2D eigenvalue weighted by Gasteiger charge is 2.31. The lowest BCUT2D eigenvalue weighted by molar-refractivity contribution is -0.125. The maximum absolute atomic E-state index is 13.1. The van der Waals surface area contributed by atoms with Crippen molar-refractivity contribution in [2.75, 3.05) is 5.32 Å². The lowest BCUT2D eigenvalue weighted by Crippen LogP contribution is -2.38. The van der Waals surface area contributed by atoms with Crippen molar-refractivity contribution in [2.45, 2.75) is 12.5 Å². The summed E-state index contributed by atoms with van der Waals surface area (Å²) in [4.78, 5) is 24.1. The molecule has 0 aliphatic carbocycles. The predicted molar refractivity (Wildman–Crippen MR) is 79.4 cm³/mol. The minimum absolute atomic E-state index is 0.225. The number of anilines is 1. The number of carbonyl (C=O) groups is 2. The van der Waals surface area contributed by atoms with E-state index in [4.69, 9.17) is 16.3 Å². The van der Waals surface area contributed by atoms with Gasteiger partial charge in [-0.25, -0.2) is 9.18 Å². The normalized spacial score (nSPS) is 16.6. The van der Waals surface area contributed by atoms with E-state index in [1.165, 1.54) is 18.2 Å². The summed E-state index contributed by atoms with van der Waals surface area (Å²) in [6.45, 7) is 0. The highest BCUT2D eigenvalue weighted by molar-refractivity contribution is 6.30. The number of fused-ring (bicyclic) bond motifs is 1. The Morgan fingerprint density at radius 2 is 2.09 bits per heavy atom. The van der Waals surface area contributed by atoms with Gasteiger partial charge in [-0.2, -0.15) is 0 Å². The Morgan fingerprint density at radius 3 is 2.86 bits per heavy atom. The molecule has 0 bridgehead atoms. The van der Waals surface area contributed by atoms with Gasteiger partial charge in [0.15, 0.2) is 6.10 Å². The molecule has 112 valence electrons. The third-order valence-corrected chi connectivity index (χ3v) is 3.56. The van der Waals surface area contributed by atoms with Crippen LogP contribution in [0, 0.1) is 5.82 Å². The van der Waals surface area contributed by atoms with Gasteiger partial charge in [-0.15, -0.1) is 0 Å². The van der Waals surface area contributed by atoms with Gasteiger partial charge in [0.05, 0.1) is 5.56 Å². The van der Waals surface area contributed by atoms with E-state index in [1.807, 2.05) is 0 Å². The fraction of sp³-hybridized carbons (Fsp3) is 0.125. The second-order valence-corrected chi connectivity index (χ2v) is 5.34. The van der Waals surface area contributed by atoms with Crippen LogP contribution in [0.3, 0.4) is 0 Å². The van der Waals surface area contributed by atoms with E-state index in [0.29, 0.717) is 21.8 Å². The average Bonchev–Trinajstić information content (AvgIpc) is 2.46. The summed E-state index contributed by atoms with van der Waals surface area (Å²) >= 11 is 5.90. The number of rotatable bonds is 2. The SMILES string of the molecule is O=C1OC(C(=O)Nc2cccc(F)c2)Cc2cc(Cl)ccc21. The van der Waals surface area contributed by atoms with Crippen LogP contribution < -0.4 is 5.32 Å². The van der Waals surface area contributed by atoms with Gasteiger partial charge in [-0.3, -0.25) is 4.79 Å². The predicted octanol–water partition coefficient (Wildman–Crippen LogP) is 3.20. The van der Waals surface area contributed by atoms with Gasteiger partial charge in [0.1, 0.15) is 5.82 Å². The number of cyclic esters (lactones) is 1. The van der Waals surface area contributed by atoms with Crippen molar-refractivity contribution in [2.24, 2.45) is 0 Å². The van der Waals surface area contributed by atoms with Crippen LogP contribution in [-0.2, 0) is 16.0 Å². The Bertz CT molecular complexity index is 763. The molecule has 6 heteroatoms. The Balaban J connectivity index is 1.79. The molecular weight excluding hydrogens is 309 g/mol. The van der Waals surface area contributed by atoms with Gasteiger partial charge in [-0.1, -0.05) is 17.7 Å². The number of ether oxygens (including phenoxy) is 1. The van der Waals surface area contributed by atoms with E-state index < -0.39 is 23.8 Å². The van der Waals surface area contributed by atoms with E-state index in [1.54, 1.807) is 24.3 Å². The summed E-state index contributed by atoms with van der Waals surface area (Å²) in [5, 5.41) is 3.01. The number of hydrogen-bond acceptors (Lipinski definition) is 3. The highest BCUT2D eigenvalue weighted by atomic mass is 35.5. The third kappa shape index (κ3) is 2.94. The molecule has 1 amide bonds. The lowest BCUT2D eigenvalue weighted by Gasteiger charge is -2.24. The fourth-order valence-electron chi connectivity index (χ4n) is 2.30. The van der Waals surface area contributed by atoms with Gasteiger partial charge in [0, 0.05) is 17.1 Å². The number of esters is 1. The number of benzene rings is 2. The first-order chi connectivity index (χ1) is 10.5. The first-order valence-electron chi connectivity index (χ1n) is 6.59. The molecule has 1 unspecified atom stereocenters. The van der Waals surface area contributed by atoms with Crippen molar-refractivity contribution >= 4 is 29.2 Å². The molecule has 1 N–H and O–H groups in total. The molecule has 2 aromatic carbocycles. The molecule has 0 radical (unpaired) electrons. The van der Waals surface area contributed by atoms with Crippen LogP contribution in [0.1, 0.15) is 15.9 Å². The molecule has 0 spiro atoms. The largest absolute Gasteiger partial charge is 0.448 e. The van der Waals surface area contributed by atoms with E-state index in [9.17, 15) is 14.0 Å². The zero-order chi connectivity index (χ0) is 15.7. The van der Waals surface area contributed by atoms with E-state index in [0.717, 1.165) is 0 Å². The topological polar surface area (TPSA) is 55.4 Å². The molecule has 0 aromatic heterocycles. The number of carbonyl (C=O) groups excluding carboxylic acids is 2. The van der Waals surface area contributed by atoms with Crippen molar-refractivity contribution in [1.82, 2.24) is 0 Å². The van der Waals surface area contributed by atoms with E-state index in [2.05, 4.69) is 5.32 Å². The van der Waals surface area contributed by atoms with Crippen molar-refractivity contribution in [3.63, 3.8) is 0 Å². The summed E-state index contributed by atoms with van der Waals surface area (Å²) in [5.74, 6) is -1.54. The fourth-order valence-corrected chi connectivity index (χ4v) is 2.49. The van der Waals surface area contributed by atoms with Gasteiger partial charge in [0.25, 0.3) is 5.91 Å². The molecule has 3 rings (SSSR count). The Labute approximate surface area is 130 Å². The Hall–Kier alpha value is -2.40. The monoisotopic (exact) mass is 319 g/mol. The molecule has 1 aliphatic heterocycles. The number of halogens is 2. The summed E-state index contributed by atoms with van der Waals surface area (Å²) in [6.07, 6.45) is -0.746. The molecule has 1 aliphatic rings. The third-order valence-electron chi connectivity index (χ3n) is 3.33. The number of nitrogens with one attached hydrogen (secondary N) is 1. The minimum Gasteiger partial charge on any atom is -0.448 e. The van der Waals surface area contributed by atoms with Crippen LogP contribution in [0.15, 0.2) is 42.5 Å². The quantitative estimate of drug-likeness (QED) is 0.865. The number of hydrogen-bond donors (Lipinski definition) is 1. The van der Waals surface area contributed by atoms with Gasteiger partial charge in [0.2, 0.25) is 0 Å². The van der Waals surface area contributed by atoms with Gasteiger partial charge >= 0.3 is 5.97 Å². The first kappa shape index (κ1) is 14.5. The zero-order valence-electron chi connectivity index (χ0n) is 11.3. The van der Waals surface area contributed by atoms with Crippen LogP contribution in [0.4, 0.5) is 10.1 Å². The summed E-state index contributed by atoms with van der Waals surface area (Å²) in [7, 11) is 0. The van der Waals surface area contributed by atoms with Crippen LogP contribution in [-0.4, -0.2) is 18.0 Å². The average molecular weight is 320 g/mol. The van der Waals surface area contributed by atoms with Gasteiger partial charge < -0.3 is 10.1 Å². The summed E-state index contributed by atoms with van der Waals surface area (Å²) < 4.78 is 18.2. The molecule has 1 atom stereocenters. The second-order valence-electron chi connectivity index (χ2n) is 4.90. The lowest BCUT2D eigenvalue weighted by atomic mass is 9.98. The van der Waals surface area contributed by atoms with Crippen molar-refractivity contribution in [3.8, 4) is 0 Å². The van der Waals surface area contributed by atoms with E-state index >= 15 is 0 Å². The second kappa shape index (κ2) is 5.77. The maximum atomic E-state index is 13.1. The Kier molecular flexibility index (Phi) is 3.81. The zero-order valence-corrected chi connectivity index (χ0v) is 12.1. The summed E-state index contributed by atoms with van der Waals surface area (Å²) in [5.41, 5.74) is 1.36. The first-order valence-corrected chi connectivity index (χ1v) is 6.96. The minimum atomic E-state index is -0.971. The van der Waals surface area contributed by atoms with Crippen molar-refractivity contribution in [1.29, 1.82) is 0 Å². The summed E-state index contributed by atoms with van der Waals surface area (Å²) in [6, 6.07) is 10.3. The van der Waals surface area contributed by atoms with Crippen LogP contribution in [0.2, 0.25) is 5.02 Å². The Morgan fingerprint density at radius 1 is 1.27 bits per heavy atom. The smallest absolute Gasteiger partial charge is 0.339 e. The molecular formula is C16H11ClFNO3. The van der Waals surface area contributed by atoms with Crippen LogP contribution in [0.25, 0.3) is 0 Å². The highest BCUT2D eigenvalue weighted by Crippen LogP contribution is 2.24. The molecule has 2 aromatic rings. The van der Waals surface area contributed by atoms with Crippen LogP contribution in [0.5, 0.6) is 0 Å². The number of amides is 1. The molecule has 22 heavy (non-hydrogen) atoms. The molecule has 1 heterocycles. The molecule has 0 saturated heterocycles. The maximum Gasteiger partial charge on any atom is 0.339 e. The molecule has 4 nitrogen and oxygen atoms in total.